The Labute approximate surface area is 48.4 Å². The highest BCUT2D eigenvalue weighted by Gasteiger charge is 2.03. The number of sulfone groups is 1. The van der Waals surface area contributed by atoms with Crippen molar-refractivity contribution in [3.8, 4) is 0 Å². The predicted molar refractivity (Wildman–Crippen MR) is 31.5 cm³/mol. The minimum absolute atomic E-state index is 1.16. The van der Waals surface area contributed by atoms with Crippen molar-refractivity contribution in [1.82, 2.24) is 0 Å². The average molecular weight is 129 g/mol. The zero-order chi connectivity index (χ0) is 6.04. The van der Waals surface area contributed by atoms with Gasteiger partial charge in [-0.25, -0.2) is 8.42 Å². The molecular weight excluding hydrogens is 124 g/mol. The lowest BCUT2D eigenvalue weighted by Crippen LogP contribution is -1.94. The number of allylic oxidation sites excluding steroid dienone is 2. The molecule has 8 heavy (non-hydrogen) atoms. The van der Waals surface area contributed by atoms with Gasteiger partial charge in [0.2, 0.25) is 0 Å². The molecule has 0 aromatic carbocycles. The van der Waals surface area contributed by atoms with Crippen LogP contribution in [0.2, 0.25) is 0 Å². The summed E-state index contributed by atoms with van der Waals surface area (Å²) in [4.78, 5) is 0. The fourth-order valence-corrected chi connectivity index (χ4v) is 1.13. The first-order valence-corrected chi connectivity index (χ1v) is 3.75. The molecule has 0 aliphatic carbocycles. The highest BCUT2D eigenvalue weighted by Crippen LogP contribution is 2.03. The number of hydrogen-bond acceptors (Lipinski definition) is 2. The highest BCUT2D eigenvalue weighted by molar-refractivity contribution is 7.96. The summed E-state index contributed by atoms with van der Waals surface area (Å²) in [5, 5.41) is 1.16. The van der Waals surface area contributed by atoms with Crippen LogP contribution in [0.25, 0.3) is 0 Å². The van der Waals surface area contributed by atoms with Crippen LogP contribution in [-0.4, -0.2) is 8.42 Å². The Balaban J connectivity index is 2.98. The third-order valence-corrected chi connectivity index (χ3v) is 1.83. The number of rotatable bonds is 0. The van der Waals surface area contributed by atoms with Crippen molar-refractivity contribution in [2.75, 3.05) is 0 Å². The van der Waals surface area contributed by atoms with Gasteiger partial charge in [0, 0.05) is 5.41 Å². The molecule has 1 rings (SSSR count). The third-order valence-electron chi connectivity index (χ3n) is 0.759. The minimum atomic E-state index is -2.98. The van der Waals surface area contributed by atoms with E-state index in [1.807, 2.05) is 0 Å². The first-order chi connectivity index (χ1) is 3.71. The van der Waals surface area contributed by atoms with Crippen molar-refractivity contribution < 1.29 is 8.42 Å². The van der Waals surface area contributed by atoms with Crippen molar-refractivity contribution >= 4 is 9.84 Å². The molecule has 0 fully saturated rings. The first kappa shape index (κ1) is 5.56. The summed E-state index contributed by atoms with van der Waals surface area (Å²) in [5.74, 6) is 1.16. The lowest BCUT2D eigenvalue weighted by molar-refractivity contribution is 0.610. The molecule has 0 spiro atoms. The summed E-state index contributed by atoms with van der Waals surface area (Å²) in [5.41, 5.74) is 0. The monoisotopic (exact) mass is 129 g/mol. The maximum Gasteiger partial charge on any atom is 0.179 e. The Hall–Kier alpha value is -0.570. The second-order valence-corrected chi connectivity index (χ2v) is 3.16. The summed E-state index contributed by atoms with van der Waals surface area (Å²) < 4.78 is 20.9. The Morgan fingerprint density at radius 3 is 2.00 bits per heavy atom. The number of hydrogen-bond donors (Lipinski definition) is 0. The lowest BCUT2D eigenvalue weighted by Gasteiger charge is -1.93. The lowest BCUT2D eigenvalue weighted by atomic mass is 10.5. The molecule has 0 saturated carbocycles. The van der Waals surface area contributed by atoms with E-state index in [9.17, 15) is 8.42 Å². The van der Waals surface area contributed by atoms with Crippen molar-refractivity contribution in [2.45, 2.75) is 0 Å². The summed E-state index contributed by atoms with van der Waals surface area (Å²) in [7, 11) is -2.98. The van der Waals surface area contributed by atoms with Gasteiger partial charge in [-0.05, 0) is 0 Å². The Kier molecular flexibility index (Phi) is 1.21. The van der Waals surface area contributed by atoms with Crippen molar-refractivity contribution in [3.05, 3.63) is 29.4 Å². The van der Waals surface area contributed by atoms with Gasteiger partial charge in [-0.2, -0.15) is 0 Å². The van der Waals surface area contributed by atoms with Crippen LogP contribution in [0.5, 0.6) is 0 Å². The summed E-state index contributed by atoms with van der Waals surface area (Å²) in [6, 6.07) is 0. The minimum Gasteiger partial charge on any atom is -0.224 e. The van der Waals surface area contributed by atoms with Crippen LogP contribution in [0, 0.1) is 5.75 Å². The Bertz CT molecular complexity index is 221. The van der Waals surface area contributed by atoms with Crippen molar-refractivity contribution in [3.63, 3.8) is 0 Å². The van der Waals surface area contributed by atoms with Crippen LogP contribution in [0.15, 0.2) is 23.6 Å². The zero-order valence-electron chi connectivity index (χ0n) is 4.11. The van der Waals surface area contributed by atoms with E-state index in [0.29, 0.717) is 0 Å². The van der Waals surface area contributed by atoms with Gasteiger partial charge in [0.15, 0.2) is 9.84 Å². The predicted octanol–water partition coefficient (Wildman–Crippen LogP) is 0.646. The van der Waals surface area contributed by atoms with E-state index in [1.54, 1.807) is 6.08 Å². The van der Waals surface area contributed by atoms with Gasteiger partial charge in [-0.3, -0.25) is 0 Å². The summed E-state index contributed by atoms with van der Waals surface area (Å²) >= 11 is 0. The molecule has 3 heteroatoms. The molecule has 0 N–H and O–H groups in total. The van der Waals surface area contributed by atoms with Crippen LogP contribution in [0.4, 0.5) is 0 Å². The normalized spacial score (nSPS) is 23.5. The van der Waals surface area contributed by atoms with Crippen LogP contribution >= 0.6 is 0 Å². The van der Waals surface area contributed by atoms with E-state index in [1.165, 1.54) is 12.2 Å². The standard InChI is InChI=1S/C5H5O2S/c6-8(7)4-2-1-3-5-8/h1-5H. The quantitative estimate of drug-likeness (QED) is 0.481. The summed E-state index contributed by atoms with van der Waals surface area (Å²) in [6.07, 6.45) is 4.66. The van der Waals surface area contributed by atoms with Crippen molar-refractivity contribution in [1.29, 1.82) is 0 Å². The second-order valence-electron chi connectivity index (χ2n) is 1.44. The molecule has 0 atom stereocenters. The molecule has 0 bridgehead atoms. The molecule has 1 aliphatic rings. The van der Waals surface area contributed by atoms with Gasteiger partial charge in [-0.1, -0.05) is 18.2 Å². The van der Waals surface area contributed by atoms with E-state index in [2.05, 4.69) is 0 Å². The fourth-order valence-electron chi connectivity index (χ4n) is 0.419. The molecule has 1 aliphatic heterocycles. The van der Waals surface area contributed by atoms with E-state index >= 15 is 0 Å². The molecule has 0 amide bonds. The third kappa shape index (κ3) is 1.20. The first-order valence-electron chi connectivity index (χ1n) is 2.14. The molecule has 1 radical (unpaired) electrons. The maximum absolute atomic E-state index is 10.5. The fraction of sp³-hybridized carbons (Fsp3) is 0. The second kappa shape index (κ2) is 1.74. The van der Waals surface area contributed by atoms with Gasteiger partial charge >= 0.3 is 0 Å². The molecule has 0 unspecified atom stereocenters. The summed E-state index contributed by atoms with van der Waals surface area (Å²) in [6.45, 7) is 0. The van der Waals surface area contributed by atoms with Crippen LogP contribution in [-0.2, 0) is 9.84 Å². The van der Waals surface area contributed by atoms with Gasteiger partial charge in [-0.15, -0.1) is 0 Å². The smallest absolute Gasteiger partial charge is 0.179 e. The zero-order valence-corrected chi connectivity index (χ0v) is 4.93. The molecule has 2 nitrogen and oxygen atoms in total. The molecule has 0 saturated heterocycles. The van der Waals surface area contributed by atoms with E-state index in [0.717, 1.165) is 11.2 Å². The Morgan fingerprint density at radius 1 is 1.00 bits per heavy atom. The van der Waals surface area contributed by atoms with Gasteiger partial charge in [0.25, 0.3) is 0 Å². The molecule has 0 aromatic rings. The maximum atomic E-state index is 10.5. The van der Waals surface area contributed by atoms with Crippen LogP contribution in [0.1, 0.15) is 0 Å². The van der Waals surface area contributed by atoms with Crippen molar-refractivity contribution in [2.24, 2.45) is 0 Å². The highest BCUT2D eigenvalue weighted by atomic mass is 32.2. The van der Waals surface area contributed by atoms with Crippen LogP contribution in [0.3, 0.4) is 0 Å². The largest absolute Gasteiger partial charge is 0.224 e. The van der Waals surface area contributed by atoms with Crippen LogP contribution < -0.4 is 0 Å². The van der Waals surface area contributed by atoms with Gasteiger partial charge in [0.1, 0.15) is 5.75 Å². The molecule has 43 valence electrons. The average Bonchev–Trinajstić information content (AvgIpc) is 1.65. The SMILES string of the molecule is O=S1(=O)[CH]C=CC=C1. The van der Waals surface area contributed by atoms with Gasteiger partial charge < -0.3 is 0 Å². The van der Waals surface area contributed by atoms with Gasteiger partial charge in [0.05, 0.1) is 0 Å². The van der Waals surface area contributed by atoms with E-state index in [4.69, 9.17) is 0 Å². The topological polar surface area (TPSA) is 34.1 Å². The molecular formula is C5H5O2S. The molecule has 1 heterocycles. The molecule has 0 aromatic heterocycles. The Morgan fingerprint density at radius 2 is 1.75 bits per heavy atom. The van der Waals surface area contributed by atoms with E-state index < -0.39 is 9.84 Å². The van der Waals surface area contributed by atoms with E-state index in [-0.39, 0.29) is 0 Å².